The highest BCUT2D eigenvalue weighted by Crippen LogP contribution is 2.39. The van der Waals surface area contributed by atoms with E-state index in [-0.39, 0.29) is 10.8 Å². The van der Waals surface area contributed by atoms with Crippen molar-refractivity contribution in [2.24, 2.45) is 16.7 Å². The summed E-state index contributed by atoms with van der Waals surface area (Å²) in [5.74, 6) is 1.09. The second-order valence-corrected chi connectivity index (χ2v) is 6.60. The zero-order chi connectivity index (χ0) is 12.3. The molecular weight excluding hydrogens is 184 g/mol. The van der Waals surface area contributed by atoms with E-state index in [1.54, 1.807) is 0 Å². The van der Waals surface area contributed by atoms with Gasteiger partial charge in [0, 0.05) is 11.8 Å². The van der Waals surface area contributed by atoms with Gasteiger partial charge in [0.2, 0.25) is 0 Å². The summed E-state index contributed by atoms with van der Waals surface area (Å²) in [7, 11) is 0. The lowest BCUT2D eigenvalue weighted by Gasteiger charge is -2.35. The number of ketones is 1. The second-order valence-electron chi connectivity index (χ2n) is 6.60. The van der Waals surface area contributed by atoms with Crippen LogP contribution in [-0.2, 0) is 4.79 Å². The van der Waals surface area contributed by atoms with E-state index in [0.29, 0.717) is 18.1 Å². The summed E-state index contributed by atoms with van der Waals surface area (Å²) < 4.78 is 0. The molecule has 15 heavy (non-hydrogen) atoms. The van der Waals surface area contributed by atoms with Crippen molar-refractivity contribution in [2.45, 2.75) is 67.7 Å². The van der Waals surface area contributed by atoms with Crippen LogP contribution in [0.3, 0.4) is 0 Å². The van der Waals surface area contributed by atoms with Gasteiger partial charge < -0.3 is 0 Å². The van der Waals surface area contributed by atoms with Gasteiger partial charge >= 0.3 is 0 Å². The van der Waals surface area contributed by atoms with E-state index < -0.39 is 0 Å². The summed E-state index contributed by atoms with van der Waals surface area (Å²) >= 11 is 0. The van der Waals surface area contributed by atoms with Crippen LogP contribution in [0.2, 0.25) is 0 Å². The quantitative estimate of drug-likeness (QED) is 0.635. The smallest absolute Gasteiger partial charge is 0.138 e. The fourth-order valence-electron chi connectivity index (χ4n) is 2.95. The highest BCUT2D eigenvalue weighted by atomic mass is 16.1. The predicted molar refractivity (Wildman–Crippen MR) is 66.9 cm³/mol. The minimum Gasteiger partial charge on any atom is -0.299 e. The first kappa shape index (κ1) is 14.7. The molecule has 0 aromatic rings. The van der Waals surface area contributed by atoms with Crippen LogP contribution in [0.4, 0.5) is 0 Å². The molecule has 0 aliphatic heterocycles. The van der Waals surface area contributed by atoms with E-state index in [2.05, 4.69) is 41.5 Å². The Morgan fingerprint density at radius 2 is 1.60 bits per heavy atom. The van der Waals surface area contributed by atoms with Crippen LogP contribution >= 0.6 is 0 Å². The van der Waals surface area contributed by atoms with Gasteiger partial charge in [-0.05, 0) is 24.2 Å². The van der Waals surface area contributed by atoms with Gasteiger partial charge in [0.15, 0.2) is 0 Å². The lowest BCUT2D eigenvalue weighted by atomic mass is 9.69. The first-order valence-electron chi connectivity index (χ1n) is 6.14. The zero-order valence-electron chi connectivity index (χ0n) is 11.6. The molecular formula is C14H28O. The molecule has 90 valence electrons. The third-order valence-electron chi connectivity index (χ3n) is 2.96. The molecule has 0 aromatic carbocycles. The lowest BCUT2D eigenvalue weighted by molar-refractivity contribution is -0.128. The molecule has 0 fully saturated rings. The summed E-state index contributed by atoms with van der Waals surface area (Å²) in [5.41, 5.74) is 0.107. The van der Waals surface area contributed by atoms with Crippen LogP contribution < -0.4 is 0 Å². The van der Waals surface area contributed by atoms with Crippen molar-refractivity contribution in [3.8, 4) is 0 Å². The van der Waals surface area contributed by atoms with Crippen molar-refractivity contribution >= 4 is 5.78 Å². The summed E-state index contributed by atoms with van der Waals surface area (Å²) in [6.45, 7) is 15.2. The molecule has 0 spiro atoms. The molecule has 0 radical (unpaired) electrons. The number of hydrogen-bond donors (Lipinski definition) is 0. The molecule has 0 bridgehead atoms. The van der Waals surface area contributed by atoms with Crippen molar-refractivity contribution < 1.29 is 4.79 Å². The van der Waals surface area contributed by atoms with Gasteiger partial charge in [-0.1, -0.05) is 48.5 Å². The number of hydrogen-bond acceptors (Lipinski definition) is 1. The fourth-order valence-corrected chi connectivity index (χ4v) is 2.95. The molecule has 0 N–H and O–H groups in total. The van der Waals surface area contributed by atoms with Crippen LogP contribution in [0, 0.1) is 16.7 Å². The van der Waals surface area contributed by atoms with Gasteiger partial charge in [0.25, 0.3) is 0 Å². The van der Waals surface area contributed by atoms with Crippen molar-refractivity contribution in [2.75, 3.05) is 0 Å². The van der Waals surface area contributed by atoms with Gasteiger partial charge in [-0.25, -0.2) is 0 Å². The monoisotopic (exact) mass is 212 g/mol. The van der Waals surface area contributed by atoms with Gasteiger partial charge in [0.05, 0.1) is 0 Å². The maximum Gasteiger partial charge on any atom is 0.138 e. The number of carbonyl (C=O) groups is 1. The Bertz CT molecular complexity index is 211. The van der Waals surface area contributed by atoms with E-state index in [0.717, 1.165) is 6.42 Å². The third kappa shape index (κ3) is 5.34. The molecule has 1 heteroatoms. The van der Waals surface area contributed by atoms with Gasteiger partial charge in [0.1, 0.15) is 5.78 Å². The van der Waals surface area contributed by atoms with Crippen molar-refractivity contribution in [1.29, 1.82) is 0 Å². The van der Waals surface area contributed by atoms with Crippen LogP contribution in [0.25, 0.3) is 0 Å². The van der Waals surface area contributed by atoms with E-state index in [1.807, 2.05) is 6.92 Å². The van der Waals surface area contributed by atoms with Crippen LogP contribution in [-0.4, -0.2) is 5.78 Å². The molecule has 1 nitrogen and oxygen atoms in total. The molecule has 0 heterocycles. The summed E-state index contributed by atoms with van der Waals surface area (Å²) in [5, 5.41) is 0. The summed E-state index contributed by atoms with van der Waals surface area (Å²) in [4.78, 5) is 11.8. The second kappa shape index (κ2) is 5.14. The molecule has 0 saturated heterocycles. The van der Waals surface area contributed by atoms with E-state index in [4.69, 9.17) is 0 Å². The Balaban J connectivity index is 4.49. The largest absolute Gasteiger partial charge is 0.299 e. The highest BCUT2D eigenvalue weighted by molar-refractivity contribution is 5.83. The number of Topliss-reactive ketones (excluding diaryl/α,β-unsaturated/α-hetero) is 1. The minimum atomic E-state index is -0.160. The van der Waals surface area contributed by atoms with Crippen LogP contribution in [0.5, 0.6) is 0 Å². The van der Waals surface area contributed by atoms with Crippen molar-refractivity contribution in [3.05, 3.63) is 0 Å². The van der Waals surface area contributed by atoms with Gasteiger partial charge in [-0.2, -0.15) is 0 Å². The van der Waals surface area contributed by atoms with E-state index >= 15 is 0 Å². The van der Waals surface area contributed by atoms with E-state index in [9.17, 15) is 4.79 Å². The minimum absolute atomic E-state index is 0.160. The molecule has 0 rings (SSSR count). The third-order valence-corrected chi connectivity index (χ3v) is 2.96. The number of rotatable bonds is 6. The maximum absolute atomic E-state index is 11.8. The Morgan fingerprint density at radius 1 is 1.13 bits per heavy atom. The van der Waals surface area contributed by atoms with Crippen molar-refractivity contribution in [1.82, 2.24) is 0 Å². The molecule has 0 aliphatic carbocycles. The SMILES string of the molecule is CCC(=O)C(C)(C)CC(C)(C)CC(C)C. The van der Waals surface area contributed by atoms with Crippen LogP contribution in [0.15, 0.2) is 0 Å². The predicted octanol–water partition coefficient (Wildman–Crippen LogP) is 4.45. The molecule has 0 unspecified atom stereocenters. The average Bonchev–Trinajstić information content (AvgIpc) is 1.97. The summed E-state index contributed by atoms with van der Waals surface area (Å²) in [6, 6.07) is 0. The van der Waals surface area contributed by atoms with Gasteiger partial charge in [-0.3, -0.25) is 4.79 Å². The zero-order valence-corrected chi connectivity index (χ0v) is 11.6. The first-order valence-corrected chi connectivity index (χ1v) is 6.14. The molecule has 0 saturated carbocycles. The Labute approximate surface area is 95.6 Å². The van der Waals surface area contributed by atoms with Crippen molar-refractivity contribution in [3.63, 3.8) is 0 Å². The first-order chi connectivity index (χ1) is 6.60. The molecule has 0 aliphatic rings. The van der Waals surface area contributed by atoms with E-state index in [1.165, 1.54) is 6.42 Å². The maximum atomic E-state index is 11.8. The summed E-state index contributed by atoms with van der Waals surface area (Å²) in [6.07, 6.45) is 2.84. The molecule has 0 amide bonds. The Hall–Kier alpha value is -0.330. The normalized spacial score (nSPS) is 13.3. The lowest BCUT2D eigenvalue weighted by Crippen LogP contribution is -2.31. The Kier molecular flexibility index (Phi) is 5.02. The highest BCUT2D eigenvalue weighted by Gasteiger charge is 2.33. The van der Waals surface area contributed by atoms with Crippen LogP contribution in [0.1, 0.15) is 67.7 Å². The average molecular weight is 212 g/mol. The fraction of sp³-hybridized carbons (Fsp3) is 0.929. The van der Waals surface area contributed by atoms with Gasteiger partial charge in [-0.15, -0.1) is 0 Å². The Morgan fingerprint density at radius 3 is 1.93 bits per heavy atom. The standard InChI is InChI=1S/C14H28O/c1-8-12(15)14(6,7)10-13(4,5)9-11(2)3/h11H,8-10H2,1-7H3. The molecule has 0 atom stereocenters. The molecule has 0 aromatic heterocycles. The topological polar surface area (TPSA) is 17.1 Å². The number of carbonyl (C=O) groups excluding carboxylic acids is 1.